The number of hydrogen-bond donors (Lipinski definition) is 2. The van der Waals surface area contributed by atoms with Gasteiger partial charge in [-0.25, -0.2) is 4.79 Å². The molecule has 0 aliphatic rings. The Balaban J connectivity index is 3.79. The number of allylic oxidation sites excluding steroid dienone is 2. The molecule has 0 spiro atoms. The van der Waals surface area contributed by atoms with E-state index in [1.165, 1.54) is 57.8 Å². The number of rotatable bonds is 20. The highest BCUT2D eigenvalue weighted by molar-refractivity contribution is 5.78. The number of carboxylic acids is 1. The summed E-state index contributed by atoms with van der Waals surface area (Å²) in [6.07, 6.45) is 21.8. The van der Waals surface area contributed by atoms with Crippen LogP contribution in [0.3, 0.4) is 0 Å². The van der Waals surface area contributed by atoms with E-state index in [1.807, 2.05) is 28.1 Å². The van der Waals surface area contributed by atoms with E-state index in [0.717, 1.165) is 25.7 Å². The number of hydrogen-bond acceptors (Lipinski definition) is 2. The molecule has 0 radical (unpaired) electrons. The maximum atomic E-state index is 12.3. The zero-order chi connectivity index (χ0) is 23.5. The van der Waals surface area contributed by atoms with E-state index in [4.69, 9.17) is 0 Å². The van der Waals surface area contributed by atoms with Crippen LogP contribution in [0, 0.1) is 0 Å². The zero-order valence-electron chi connectivity index (χ0n) is 21.1. The van der Waals surface area contributed by atoms with E-state index < -0.39 is 12.0 Å². The van der Waals surface area contributed by atoms with Crippen LogP contribution in [0.2, 0.25) is 0 Å². The average Bonchev–Trinajstić information content (AvgIpc) is 2.69. The number of amides is 1. The summed E-state index contributed by atoms with van der Waals surface area (Å²) >= 11 is 0. The van der Waals surface area contributed by atoms with Crippen molar-refractivity contribution in [2.75, 3.05) is 21.1 Å². The molecule has 0 aliphatic carbocycles. The fourth-order valence-electron chi connectivity index (χ4n) is 4.08. The number of nitrogens with one attached hydrogen (secondary N) is 1. The Morgan fingerprint density at radius 3 is 1.74 bits per heavy atom. The van der Waals surface area contributed by atoms with Crippen LogP contribution >= 0.6 is 0 Å². The van der Waals surface area contributed by atoms with Crippen LogP contribution in [0.1, 0.15) is 110 Å². The second-order valence-corrected chi connectivity index (χ2v) is 9.82. The normalized spacial score (nSPS) is 14.0. The Kier molecular flexibility index (Phi) is 17.4. The minimum Gasteiger partial charge on any atom is -0.477 e. The summed E-state index contributed by atoms with van der Waals surface area (Å²) in [4.78, 5) is 23.9. The molecule has 31 heavy (non-hydrogen) atoms. The molecule has 0 aromatic carbocycles. The molecule has 0 saturated carbocycles. The first-order valence-electron chi connectivity index (χ1n) is 12.7. The fourth-order valence-corrected chi connectivity index (χ4v) is 4.08. The SMILES string of the molecule is CCCCCCCCC=CCCCCCCCC(=O)NC(CC)C(C(=O)O)[N+](C)(C)C. The van der Waals surface area contributed by atoms with E-state index in [-0.39, 0.29) is 11.9 Å². The van der Waals surface area contributed by atoms with Gasteiger partial charge in [0.2, 0.25) is 11.9 Å². The molecule has 1 amide bonds. The molecule has 5 heteroatoms. The third-order valence-electron chi connectivity index (χ3n) is 5.92. The third-order valence-corrected chi connectivity index (χ3v) is 5.92. The van der Waals surface area contributed by atoms with Gasteiger partial charge in [-0.05, 0) is 38.5 Å². The standard InChI is InChI=1S/C26H50N2O3/c1-6-8-9-10-11-12-13-14-15-16-17-18-19-20-21-22-24(29)27-23(7-2)25(26(30)31)28(3,4)5/h14-15,23,25H,6-13,16-22H2,1-5H3,(H-,27,29,30,31)/p+1. The number of carbonyl (C=O) groups is 2. The molecule has 182 valence electrons. The van der Waals surface area contributed by atoms with Crippen LogP contribution in [0.15, 0.2) is 12.2 Å². The molecule has 0 rings (SSSR count). The highest BCUT2D eigenvalue weighted by Crippen LogP contribution is 2.13. The first-order valence-corrected chi connectivity index (χ1v) is 12.7. The van der Waals surface area contributed by atoms with Gasteiger partial charge in [0.15, 0.2) is 0 Å². The van der Waals surface area contributed by atoms with Gasteiger partial charge in [-0.1, -0.05) is 77.4 Å². The summed E-state index contributed by atoms with van der Waals surface area (Å²) in [5, 5.41) is 12.5. The molecule has 0 aliphatic heterocycles. The van der Waals surface area contributed by atoms with E-state index in [0.29, 0.717) is 17.3 Å². The van der Waals surface area contributed by atoms with Gasteiger partial charge in [0.25, 0.3) is 0 Å². The zero-order valence-corrected chi connectivity index (χ0v) is 21.1. The highest BCUT2D eigenvalue weighted by Gasteiger charge is 2.39. The Bertz CT molecular complexity index is 497. The second-order valence-electron chi connectivity index (χ2n) is 9.82. The summed E-state index contributed by atoms with van der Waals surface area (Å²) in [5.74, 6) is -0.884. The molecule has 0 heterocycles. The molecular weight excluding hydrogens is 388 g/mol. The molecule has 0 bridgehead atoms. The quantitative estimate of drug-likeness (QED) is 0.137. The van der Waals surface area contributed by atoms with Crippen LogP contribution < -0.4 is 5.32 Å². The summed E-state index contributed by atoms with van der Waals surface area (Å²) < 4.78 is 0.293. The largest absolute Gasteiger partial charge is 0.477 e. The van der Waals surface area contributed by atoms with Gasteiger partial charge < -0.3 is 14.9 Å². The van der Waals surface area contributed by atoms with E-state index in [1.54, 1.807) is 0 Å². The molecular formula is C26H51N2O3+. The van der Waals surface area contributed by atoms with Gasteiger partial charge in [0, 0.05) is 6.42 Å². The lowest BCUT2D eigenvalue weighted by Gasteiger charge is -2.36. The number of quaternary nitrogens is 1. The average molecular weight is 440 g/mol. The van der Waals surface area contributed by atoms with Gasteiger partial charge in [0.05, 0.1) is 27.2 Å². The lowest BCUT2D eigenvalue weighted by molar-refractivity contribution is -0.888. The maximum absolute atomic E-state index is 12.3. The Morgan fingerprint density at radius 1 is 0.806 bits per heavy atom. The molecule has 0 fully saturated rings. The van der Waals surface area contributed by atoms with Crippen molar-refractivity contribution in [1.82, 2.24) is 5.32 Å². The van der Waals surface area contributed by atoms with Crippen molar-refractivity contribution in [3.05, 3.63) is 12.2 Å². The molecule has 2 N–H and O–H groups in total. The van der Waals surface area contributed by atoms with E-state index in [2.05, 4.69) is 24.4 Å². The fraction of sp³-hybridized carbons (Fsp3) is 0.846. The number of unbranched alkanes of at least 4 members (excludes halogenated alkanes) is 11. The smallest absolute Gasteiger partial charge is 0.364 e. The minimum absolute atomic E-state index is 0.0239. The van der Waals surface area contributed by atoms with Crippen molar-refractivity contribution in [1.29, 1.82) is 0 Å². The first-order chi connectivity index (χ1) is 14.7. The van der Waals surface area contributed by atoms with Crippen molar-refractivity contribution in [3.8, 4) is 0 Å². The van der Waals surface area contributed by atoms with E-state index in [9.17, 15) is 14.7 Å². The van der Waals surface area contributed by atoms with Crippen molar-refractivity contribution in [2.24, 2.45) is 0 Å². The number of carboxylic acid groups (broad SMARTS) is 1. The summed E-state index contributed by atoms with van der Waals surface area (Å²) in [6.45, 7) is 4.19. The van der Waals surface area contributed by atoms with Gasteiger partial charge >= 0.3 is 5.97 Å². The van der Waals surface area contributed by atoms with Gasteiger partial charge in [-0.2, -0.15) is 0 Å². The molecule has 2 atom stereocenters. The predicted octanol–water partition coefficient (Wildman–Crippen LogP) is 6.08. The molecule has 0 aromatic rings. The van der Waals surface area contributed by atoms with Gasteiger partial charge in [-0.15, -0.1) is 0 Å². The Labute approximate surface area is 192 Å². The lowest BCUT2D eigenvalue weighted by Crippen LogP contribution is -2.60. The third kappa shape index (κ3) is 16.0. The Morgan fingerprint density at radius 2 is 1.29 bits per heavy atom. The first kappa shape index (κ1) is 29.6. The second kappa shape index (κ2) is 18.2. The summed E-state index contributed by atoms with van der Waals surface area (Å²) in [5.41, 5.74) is 0. The van der Waals surface area contributed by atoms with Crippen LogP contribution in [0.5, 0.6) is 0 Å². The van der Waals surface area contributed by atoms with Gasteiger partial charge in [-0.3, -0.25) is 4.79 Å². The summed E-state index contributed by atoms with van der Waals surface area (Å²) in [6, 6.07) is -0.976. The molecule has 0 aromatic heterocycles. The molecule has 5 nitrogen and oxygen atoms in total. The summed E-state index contributed by atoms with van der Waals surface area (Å²) in [7, 11) is 5.58. The van der Waals surface area contributed by atoms with Gasteiger partial charge in [0.1, 0.15) is 0 Å². The lowest BCUT2D eigenvalue weighted by atomic mass is 10.0. The monoisotopic (exact) mass is 439 g/mol. The number of nitrogens with zero attached hydrogens (tertiary/aromatic N) is 1. The van der Waals surface area contributed by atoms with Crippen LogP contribution in [-0.2, 0) is 9.59 Å². The van der Waals surface area contributed by atoms with E-state index >= 15 is 0 Å². The van der Waals surface area contributed by atoms with Crippen molar-refractivity contribution >= 4 is 11.9 Å². The predicted molar refractivity (Wildman–Crippen MR) is 131 cm³/mol. The maximum Gasteiger partial charge on any atom is 0.364 e. The highest BCUT2D eigenvalue weighted by atomic mass is 16.4. The van der Waals surface area contributed by atoms with Crippen molar-refractivity contribution < 1.29 is 19.2 Å². The topological polar surface area (TPSA) is 66.4 Å². The minimum atomic E-state index is -0.860. The van der Waals surface area contributed by atoms with Crippen molar-refractivity contribution in [3.63, 3.8) is 0 Å². The Hall–Kier alpha value is -1.36. The number of aliphatic carboxylic acids is 1. The number of carbonyl (C=O) groups excluding carboxylic acids is 1. The van der Waals surface area contributed by atoms with Crippen LogP contribution in [0.4, 0.5) is 0 Å². The molecule has 2 unspecified atom stereocenters. The number of likely N-dealkylation sites (N-methyl/N-ethyl adjacent to an activating group) is 1. The van der Waals surface area contributed by atoms with Crippen molar-refractivity contribution in [2.45, 2.75) is 122 Å². The van der Waals surface area contributed by atoms with Crippen LogP contribution in [0.25, 0.3) is 0 Å². The molecule has 0 saturated heterocycles. The van der Waals surface area contributed by atoms with Crippen LogP contribution in [-0.4, -0.2) is 54.7 Å².